The topological polar surface area (TPSA) is 161 Å². The first-order valence-corrected chi connectivity index (χ1v) is 10.6. The number of rotatable bonds is 8. The van der Waals surface area contributed by atoms with E-state index >= 15 is 0 Å². The van der Waals surface area contributed by atoms with Crippen LogP contribution in [0.3, 0.4) is 0 Å². The Balaban J connectivity index is -0.000000240. The van der Waals surface area contributed by atoms with Gasteiger partial charge < -0.3 is 40.2 Å². The average Bonchev–Trinajstić information content (AvgIpc) is 2.40. The number of carbonyl (C=O) groups is 2. The Bertz CT molecular complexity index is 221. The quantitative estimate of drug-likeness (QED) is 0.188. The van der Waals surface area contributed by atoms with E-state index < -0.39 is 24.5 Å². The van der Waals surface area contributed by atoms with Gasteiger partial charge in [-0.15, -0.1) is 0 Å². The molecule has 4 N–H and O–H groups in total. The van der Waals surface area contributed by atoms with Crippen LogP contribution in [-0.4, -0.2) is 66.1 Å². The monoisotopic (exact) mass is 416 g/mol. The van der Waals surface area contributed by atoms with Gasteiger partial charge in [0.2, 0.25) is 0 Å². The smallest absolute Gasteiger partial charge is 0.193 e. The van der Waals surface area contributed by atoms with E-state index in [2.05, 4.69) is 13.8 Å². The third-order valence-corrected chi connectivity index (χ3v) is 5.87. The van der Waals surface area contributed by atoms with Crippen LogP contribution in [0.2, 0.25) is 8.87 Å². The number of unbranched alkanes of at least 4 members (excludes halogenated alkanes) is 2. The molecule has 0 atom stereocenters. The standard InChI is InChI=1S/2C4H9.2C2H4O4.Sn/c2*1-3-4-2;2*3-1(4)2(5)6;/h2*1,3-4H2,2H3;2*1,3-4H,(H,5,6);/q;;;;+2/p-2. The molecule has 0 saturated heterocycles. The first-order chi connectivity index (χ1) is 9.70. The maximum Gasteiger partial charge on any atom is 0.193 e. The van der Waals surface area contributed by atoms with Gasteiger partial charge in [-0.25, -0.2) is 0 Å². The van der Waals surface area contributed by atoms with Crippen molar-refractivity contribution in [1.29, 1.82) is 0 Å². The number of carbonyl (C=O) groups excluding carboxylic acids is 2. The van der Waals surface area contributed by atoms with Crippen LogP contribution in [0.25, 0.3) is 0 Å². The molecule has 21 heavy (non-hydrogen) atoms. The summed E-state index contributed by atoms with van der Waals surface area (Å²) in [5.74, 6) is -3.76. The zero-order valence-corrected chi connectivity index (χ0v) is 15.2. The fourth-order valence-electron chi connectivity index (χ4n) is 0.729. The number of aliphatic hydroxyl groups is 4. The SMILES string of the molecule is CCC[CH2][Sn+2][CH2]CCC.O=C([O-])C(O)O.O=C([O-])C(O)O. The summed E-state index contributed by atoms with van der Waals surface area (Å²) in [7, 11) is 0. The molecule has 0 aromatic carbocycles. The van der Waals surface area contributed by atoms with Crippen molar-refractivity contribution in [1.82, 2.24) is 0 Å². The number of aliphatic carboxylic acids is 2. The fraction of sp³-hybridized carbons (Fsp3) is 0.833. The number of carboxylic acids is 2. The molecule has 0 rings (SSSR count). The van der Waals surface area contributed by atoms with Gasteiger partial charge in [0.25, 0.3) is 0 Å². The van der Waals surface area contributed by atoms with Gasteiger partial charge in [-0.2, -0.15) is 0 Å². The van der Waals surface area contributed by atoms with E-state index in [-0.39, 0.29) is 21.1 Å². The average molecular weight is 415 g/mol. The van der Waals surface area contributed by atoms with Crippen molar-refractivity contribution >= 4 is 33.1 Å². The van der Waals surface area contributed by atoms with Crippen molar-refractivity contribution in [3.8, 4) is 0 Å². The molecule has 0 unspecified atom stereocenters. The maximum atomic E-state index is 9.09. The largest absolute Gasteiger partial charge is 0.545 e. The minimum atomic E-state index is -2.34. The molecule has 124 valence electrons. The van der Waals surface area contributed by atoms with Crippen molar-refractivity contribution in [3.63, 3.8) is 0 Å². The second-order valence-corrected chi connectivity index (χ2v) is 8.12. The summed E-state index contributed by atoms with van der Waals surface area (Å²) in [6, 6.07) is 0. The summed E-state index contributed by atoms with van der Waals surface area (Å²) in [5.41, 5.74) is 0. The van der Waals surface area contributed by atoms with Crippen LogP contribution in [0, 0.1) is 0 Å². The van der Waals surface area contributed by atoms with Gasteiger partial charge in [-0.05, 0) is 0 Å². The van der Waals surface area contributed by atoms with E-state index in [0.717, 1.165) is 0 Å². The van der Waals surface area contributed by atoms with Crippen LogP contribution in [-0.2, 0) is 9.59 Å². The van der Waals surface area contributed by atoms with Crippen LogP contribution in [0.1, 0.15) is 39.5 Å². The molecule has 0 aliphatic carbocycles. The zero-order valence-electron chi connectivity index (χ0n) is 12.3. The maximum absolute atomic E-state index is 9.09. The molecule has 0 amide bonds. The Morgan fingerprint density at radius 1 is 0.857 bits per heavy atom. The van der Waals surface area contributed by atoms with E-state index in [1.165, 1.54) is 25.7 Å². The number of hydrogen-bond acceptors (Lipinski definition) is 8. The first-order valence-electron chi connectivity index (χ1n) is 6.55. The minimum Gasteiger partial charge on any atom is -0.545 e. The van der Waals surface area contributed by atoms with Crippen LogP contribution >= 0.6 is 0 Å². The van der Waals surface area contributed by atoms with Crippen molar-refractivity contribution in [2.75, 3.05) is 0 Å². The summed E-state index contributed by atoms with van der Waals surface area (Å²) in [6.07, 6.45) is 1.15. The molecule has 0 spiro atoms. The van der Waals surface area contributed by atoms with Gasteiger partial charge in [0.1, 0.15) is 0 Å². The van der Waals surface area contributed by atoms with Gasteiger partial charge >= 0.3 is 69.5 Å². The molecule has 9 heteroatoms. The van der Waals surface area contributed by atoms with Gasteiger partial charge in [0, 0.05) is 0 Å². The summed E-state index contributed by atoms with van der Waals surface area (Å²) < 4.78 is 3.25. The third-order valence-electron chi connectivity index (χ3n) is 1.84. The second kappa shape index (κ2) is 19.6. The normalized spacial score (nSPS) is 9.14. The molecule has 0 fully saturated rings. The van der Waals surface area contributed by atoms with Gasteiger partial charge in [-0.3, -0.25) is 0 Å². The van der Waals surface area contributed by atoms with E-state index in [1.807, 2.05) is 0 Å². The minimum absolute atomic E-state index is 0.149. The van der Waals surface area contributed by atoms with Crippen molar-refractivity contribution in [2.45, 2.75) is 61.0 Å². The summed E-state index contributed by atoms with van der Waals surface area (Å²) in [5, 5.41) is 48.3. The molecular weight excluding hydrogens is 391 g/mol. The van der Waals surface area contributed by atoms with Crippen LogP contribution in [0.4, 0.5) is 0 Å². The van der Waals surface area contributed by atoms with Crippen LogP contribution in [0.15, 0.2) is 0 Å². The molecule has 0 saturated carbocycles. The predicted octanol–water partition coefficient (Wildman–Crippen LogP) is -2.78. The second-order valence-electron chi connectivity index (χ2n) is 3.84. The van der Waals surface area contributed by atoms with Crippen molar-refractivity contribution in [3.05, 3.63) is 0 Å². The number of hydrogen-bond donors (Lipinski definition) is 4. The van der Waals surface area contributed by atoms with Crippen LogP contribution in [0.5, 0.6) is 0 Å². The number of carboxylic acid groups (broad SMARTS) is 2. The molecule has 0 aliphatic rings. The molecular formula is C12H24O8Sn. The Kier molecular flexibility index (Phi) is 23.8. The van der Waals surface area contributed by atoms with Gasteiger partial charge in [0.15, 0.2) is 12.6 Å². The zero-order chi connectivity index (χ0) is 17.3. The van der Waals surface area contributed by atoms with Crippen LogP contribution < -0.4 is 10.2 Å². The molecule has 0 bridgehead atoms. The Morgan fingerprint density at radius 3 is 1.24 bits per heavy atom. The van der Waals surface area contributed by atoms with Gasteiger partial charge in [0.05, 0.1) is 11.9 Å². The summed E-state index contributed by atoms with van der Waals surface area (Å²) >= 11 is 0.149. The van der Waals surface area contributed by atoms with E-state index in [1.54, 1.807) is 8.87 Å². The summed E-state index contributed by atoms with van der Waals surface area (Å²) in [4.78, 5) is 18.2. The summed E-state index contributed by atoms with van der Waals surface area (Å²) in [6.45, 7) is 4.58. The molecule has 0 aliphatic heterocycles. The fourth-order valence-corrected chi connectivity index (χ4v) is 4.89. The van der Waals surface area contributed by atoms with E-state index in [9.17, 15) is 0 Å². The van der Waals surface area contributed by atoms with Gasteiger partial charge in [-0.1, -0.05) is 0 Å². The van der Waals surface area contributed by atoms with E-state index in [4.69, 9.17) is 40.2 Å². The predicted molar refractivity (Wildman–Crippen MR) is 71.6 cm³/mol. The van der Waals surface area contributed by atoms with Crippen molar-refractivity contribution in [2.24, 2.45) is 0 Å². The third kappa shape index (κ3) is 32.8. The molecule has 0 aromatic rings. The Labute approximate surface area is 134 Å². The van der Waals surface area contributed by atoms with E-state index in [0.29, 0.717) is 0 Å². The number of aliphatic hydroxyl groups excluding tert-OH is 2. The molecule has 8 nitrogen and oxygen atoms in total. The molecule has 0 aromatic heterocycles. The molecule has 0 radical (unpaired) electrons. The Hall–Kier alpha value is -0.421. The van der Waals surface area contributed by atoms with Crippen molar-refractivity contribution < 1.29 is 40.2 Å². The first kappa shape index (κ1) is 25.5. The Morgan fingerprint density at radius 2 is 1.10 bits per heavy atom. The molecule has 0 heterocycles.